The lowest BCUT2D eigenvalue weighted by Gasteiger charge is -2.11. The van der Waals surface area contributed by atoms with Crippen LogP contribution < -0.4 is 4.74 Å². The van der Waals surface area contributed by atoms with Gasteiger partial charge in [-0.1, -0.05) is 23.7 Å². The Balaban J connectivity index is 2.38. The van der Waals surface area contributed by atoms with Gasteiger partial charge in [-0.25, -0.2) is 0 Å². The maximum Gasteiger partial charge on any atom is 0.311 e. The molecule has 2 aromatic carbocycles. The molecule has 0 aliphatic rings. The Kier molecular flexibility index (Phi) is 4.45. The molecule has 0 saturated heterocycles. The number of aliphatic hydroxyl groups is 1. The molecule has 0 saturated carbocycles. The molecule has 1 N–H and O–H groups in total. The second kappa shape index (κ2) is 6.11. The van der Waals surface area contributed by atoms with Crippen LogP contribution in [-0.4, -0.2) is 10.0 Å². The molecule has 0 unspecified atom stereocenters. The second-order valence-electron chi connectivity index (χ2n) is 4.70. The minimum atomic E-state index is -0.648. The lowest BCUT2D eigenvalue weighted by Crippen LogP contribution is -1.96. The van der Waals surface area contributed by atoms with Crippen molar-refractivity contribution >= 4 is 17.3 Å². The van der Waals surface area contributed by atoms with Crippen molar-refractivity contribution in [3.05, 3.63) is 62.7 Å². The van der Waals surface area contributed by atoms with Gasteiger partial charge in [0.25, 0.3) is 0 Å². The fourth-order valence-corrected chi connectivity index (χ4v) is 2.06. The molecule has 0 bridgehead atoms. The Morgan fingerprint density at radius 3 is 2.52 bits per heavy atom. The number of nitro benzene ring substituents is 1. The maximum absolute atomic E-state index is 11.0. The molecule has 6 heteroatoms. The van der Waals surface area contributed by atoms with E-state index in [9.17, 15) is 15.2 Å². The molecule has 110 valence electrons. The van der Waals surface area contributed by atoms with E-state index in [2.05, 4.69) is 0 Å². The molecule has 0 heterocycles. The Hall–Kier alpha value is -2.11. The van der Waals surface area contributed by atoms with Crippen LogP contribution in [0.15, 0.2) is 36.4 Å². The Bertz CT molecular complexity index is 685. The SMILES string of the molecule is Cc1ccc([N+](=O)[O-])c(Oc2ccc([C@@H](C)O)cc2Cl)c1. The van der Waals surface area contributed by atoms with E-state index in [0.29, 0.717) is 11.3 Å². The van der Waals surface area contributed by atoms with Crippen molar-refractivity contribution in [1.82, 2.24) is 0 Å². The third-order valence-electron chi connectivity index (χ3n) is 2.97. The van der Waals surface area contributed by atoms with E-state index in [0.717, 1.165) is 5.56 Å². The molecule has 0 aliphatic carbocycles. The highest BCUT2D eigenvalue weighted by Crippen LogP contribution is 2.36. The first-order chi connectivity index (χ1) is 9.88. The van der Waals surface area contributed by atoms with Crippen LogP contribution in [-0.2, 0) is 0 Å². The number of hydrogen-bond acceptors (Lipinski definition) is 4. The van der Waals surface area contributed by atoms with Gasteiger partial charge in [-0.05, 0) is 43.2 Å². The van der Waals surface area contributed by atoms with Crippen molar-refractivity contribution in [2.45, 2.75) is 20.0 Å². The minimum Gasteiger partial charge on any atom is -0.449 e. The van der Waals surface area contributed by atoms with E-state index in [4.69, 9.17) is 16.3 Å². The van der Waals surface area contributed by atoms with Gasteiger partial charge in [-0.3, -0.25) is 10.1 Å². The second-order valence-corrected chi connectivity index (χ2v) is 5.10. The van der Waals surface area contributed by atoms with E-state index in [1.807, 2.05) is 6.92 Å². The first-order valence-corrected chi connectivity index (χ1v) is 6.66. The molecule has 21 heavy (non-hydrogen) atoms. The predicted molar refractivity (Wildman–Crippen MR) is 80.0 cm³/mol. The summed E-state index contributed by atoms with van der Waals surface area (Å²) in [6.45, 7) is 3.44. The van der Waals surface area contributed by atoms with Crippen LogP contribution in [0.3, 0.4) is 0 Å². The minimum absolute atomic E-state index is 0.128. The largest absolute Gasteiger partial charge is 0.449 e. The average Bonchev–Trinajstić information content (AvgIpc) is 2.40. The van der Waals surface area contributed by atoms with Crippen molar-refractivity contribution in [2.75, 3.05) is 0 Å². The van der Waals surface area contributed by atoms with Crippen LogP contribution >= 0.6 is 11.6 Å². The van der Waals surface area contributed by atoms with Crippen molar-refractivity contribution in [2.24, 2.45) is 0 Å². The predicted octanol–water partition coefficient (Wildman–Crippen LogP) is 4.40. The summed E-state index contributed by atoms with van der Waals surface area (Å²) in [6.07, 6.45) is -0.648. The molecule has 0 aromatic heterocycles. The van der Waals surface area contributed by atoms with Gasteiger partial charge in [-0.2, -0.15) is 0 Å². The first kappa shape index (κ1) is 15.3. The highest BCUT2D eigenvalue weighted by Gasteiger charge is 2.17. The zero-order valence-corrected chi connectivity index (χ0v) is 12.3. The molecule has 0 aliphatic heterocycles. The van der Waals surface area contributed by atoms with Crippen molar-refractivity contribution in [3.8, 4) is 11.5 Å². The molecule has 2 rings (SSSR count). The number of benzene rings is 2. The van der Waals surface area contributed by atoms with Crippen LogP contribution in [0.5, 0.6) is 11.5 Å². The van der Waals surface area contributed by atoms with Gasteiger partial charge in [0, 0.05) is 6.07 Å². The number of nitrogens with zero attached hydrogens (tertiary/aromatic N) is 1. The molecular formula is C15H14ClNO4. The lowest BCUT2D eigenvalue weighted by molar-refractivity contribution is -0.385. The van der Waals surface area contributed by atoms with Gasteiger partial charge in [0.15, 0.2) is 0 Å². The van der Waals surface area contributed by atoms with E-state index in [1.54, 1.807) is 37.3 Å². The Morgan fingerprint density at radius 2 is 1.95 bits per heavy atom. The van der Waals surface area contributed by atoms with E-state index in [1.165, 1.54) is 6.07 Å². The third-order valence-corrected chi connectivity index (χ3v) is 3.27. The molecule has 0 radical (unpaired) electrons. The zero-order valence-electron chi connectivity index (χ0n) is 11.5. The molecule has 2 aromatic rings. The summed E-state index contributed by atoms with van der Waals surface area (Å²) in [5.74, 6) is 0.432. The quantitative estimate of drug-likeness (QED) is 0.671. The van der Waals surface area contributed by atoms with Gasteiger partial charge in [0.2, 0.25) is 5.75 Å². The number of hydrogen-bond donors (Lipinski definition) is 1. The molecule has 1 atom stereocenters. The van der Waals surface area contributed by atoms with Crippen molar-refractivity contribution < 1.29 is 14.8 Å². The number of aryl methyl sites for hydroxylation is 1. The fourth-order valence-electron chi connectivity index (χ4n) is 1.83. The zero-order chi connectivity index (χ0) is 15.6. The van der Waals surface area contributed by atoms with Gasteiger partial charge >= 0.3 is 5.69 Å². The lowest BCUT2D eigenvalue weighted by atomic mass is 10.1. The highest BCUT2D eigenvalue weighted by molar-refractivity contribution is 6.32. The normalized spacial score (nSPS) is 12.0. The molecule has 0 amide bonds. The summed E-state index contributed by atoms with van der Waals surface area (Å²) in [6, 6.07) is 9.43. The number of nitro groups is 1. The summed E-state index contributed by atoms with van der Waals surface area (Å²) >= 11 is 6.09. The van der Waals surface area contributed by atoms with Gasteiger partial charge in [0.05, 0.1) is 16.0 Å². The summed E-state index contributed by atoms with van der Waals surface area (Å²) in [4.78, 5) is 10.5. The van der Waals surface area contributed by atoms with Gasteiger partial charge in [-0.15, -0.1) is 0 Å². The standard InChI is InChI=1S/C15H14ClNO4/c1-9-3-5-13(17(19)20)15(7-9)21-14-6-4-11(10(2)18)8-12(14)16/h3-8,10,18H,1-2H3/t10-/m1/s1. The maximum atomic E-state index is 11.0. The van der Waals surface area contributed by atoms with Crippen LogP contribution in [0.2, 0.25) is 5.02 Å². The van der Waals surface area contributed by atoms with Crippen LogP contribution in [0.25, 0.3) is 0 Å². The number of ether oxygens (including phenoxy) is 1. The molecule has 5 nitrogen and oxygen atoms in total. The number of rotatable bonds is 4. The molecular weight excluding hydrogens is 294 g/mol. The Labute approximate surface area is 126 Å². The summed E-state index contributed by atoms with van der Waals surface area (Å²) in [5.41, 5.74) is 1.36. The van der Waals surface area contributed by atoms with E-state index >= 15 is 0 Å². The van der Waals surface area contributed by atoms with Crippen molar-refractivity contribution in [1.29, 1.82) is 0 Å². The Morgan fingerprint density at radius 1 is 1.24 bits per heavy atom. The van der Waals surface area contributed by atoms with E-state index in [-0.39, 0.29) is 16.5 Å². The highest BCUT2D eigenvalue weighted by atomic mass is 35.5. The molecule has 0 fully saturated rings. The number of aliphatic hydroxyl groups excluding tert-OH is 1. The molecule has 0 spiro atoms. The first-order valence-electron chi connectivity index (χ1n) is 6.29. The van der Waals surface area contributed by atoms with Crippen LogP contribution in [0.4, 0.5) is 5.69 Å². The monoisotopic (exact) mass is 307 g/mol. The van der Waals surface area contributed by atoms with Gasteiger partial charge < -0.3 is 9.84 Å². The van der Waals surface area contributed by atoms with Crippen LogP contribution in [0, 0.1) is 17.0 Å². The van der Waals surface area contributed by atoms with E-state index < -0.39 is 11.0 Å². The summed E-state index contributed by atoms with van der Waals surface area (Å²) in [7, 11) is 0. The summed E-state index contributed by atoms with van der Waals surface area (Å²) in [5, 5.41) is 20.8. The third kappa shape index (κ3) is 3.51. The summed E-state index contributed by atoms with van der Waals surface area (Å²) < 4.78 is 5.56. The van der Waals surface area contributed by atoms with Crippen molar-refractivity contribution in [3.63, 3.8) is 0 Å². The number of halogens is 1. The fraction of sp³-hybridized carbons (Fsp3) is 0.200. The smallest absolute Gasteiger partial charge is 0.311 e. The van der Waals surface area contributed by atoms with Crippen LogP contribution in [0.1, 0.15) is 24.2 Å². The topological polar surface area (TPSA) is 72.6 Å². The average molecular weight is 308 g/mol. The van der Waals surface area contributed by atoms with Gasteiger partial charge in [0.1, 0.15) is 5.75 Å².